The maximum Gasteiger partial charge on any atom is 0.246 e. The summed E-state index contributed by atoms with van der Waals surface area (Å²) < 4.78 is 29.1. The van der Waals surface area contributed by atoms with Crippen LogP contribution in [0.25, 0.3) is 0 Å². The second kappa shape index (κ2) is 5.83. The maximum absolute atomic E-state index is 12.9. The summed E-state index contributed by atoms with van der Waals surface area (Å²) in [6, 6.07) is 0.117. The molecule has 20 heavy (non-hydrogen) atoms. The van der Waals surface area contributed by atoms with Gasteiger partial charge in [0.1, 0.15) is 4.90 Å². The van der Waals surface area contributed by atoms with Gasteiger partial charge in [-0.1, -0.05) is 13.8 Å². The Hall–Kier alpha value is -0.920. The lowest BCUT2D eigenvalue weighted by Crippen LogP contribution is -2.43. The van der Waals surface area contributed by atoms with Crippen LogP contribution in [0.4, 0.5) is 0 Å². The van der Waals surface area contributed by atoms with Gasteiger partial charge in [0.05, 0.1) is 11.4 Å². The van der Waals surface area contributed by atoms with E-state index >= 15 is 0 Å². The smallest absolute Gasteiger partial charge is 0.246 e. The lowest BCUT2D eigenvalue weighted by molar-refractivity contribution is 0.319. The second-order valence-electron chi connectivity index (χ2n) is 5.29. The van der Waals surface area contributed by atoms with Crippen LogP contribution in [-0.2, 0) is 29.9 Å². The molecule has 0 atom stereocenters. The fraction of sp³-hybridized carbons (Fsp3) is 0.769. The molecule has 1 saturated heterocycles. The number of nitrogens with two attached hydrogens (primary N) is 1. The number of hydrogen-bond acceptors (Lipinski definition) is 4. The molecule has 1 fully saturated rings. The topological polar surface area (TPSA) is 81.2 Å². The second-order valence-corrected chi connectivity index (χ2v) is 7.17. The number of aromatic nitrogens is 2. The zero-order valence-electron chi connectivity index (χ0n) is 12.5. The quantitative estimate of drug-likeness (QED) is 0.885. The summed E-state index contributed by atoms with van der Waals surface area (Å²) in [5, 5.41) is 4.36. The van der Waals surface area contributed by atoms with E-state index in [4.69, 9.17) is 5.73 Å². The molecule has 1 aliphatic heterocycles. The van der Waals surface area contributed by atoms with Gasteiger partial charge in [-0.3, -0.25) is 4.68 Å². The lowest BCUT2D eigenvalue weighted by Gasteiger charge is -2.29. The van der Waals surface area contributed by atoms with E-state index in [2.05, 4.69) is 5.10 Å². The SMILES string of the molecule is CCc1nn(C)c(CC)c1S(=O)(=O)N1CCC(N)CC1. The van der Waals surface area contributed by atoms with E-state index in [1.165, 1.54) is 0 Å². The molecule has 1 aromatic rings. The Labute approximate surface area is 121 Å². The fourth-order valence-corrected chi connectivity index (χ4v) is 4.77. The van der Waals surface area contributed by atoms with Crippen LogP contribution in [0.5, 0.6) is 0 Å². The van der Waals surface area contributed by atoms with Crippen molar-refractivity contribution in [1.29, 1.82) is 0 Å². The van der Waals surface area contributed by atoms with Crippen LogP contribution in [0.3, 0.4) is 0 Å². The first-order chi connectivity index (χ1) is 9.41. The number of rotatable bonds is 4. The molecule has 6 nitrogen and oxygen atoms in total. The molecule has 0 bridgehead atoms. The van der Waals surface area contributed by atoms with Gasteiger partial charge in [0.25, 0.3) is 0 Å². The zero-order valence-corrected chi connectivity index (χ0v) is 13.3. The molecule has 7 heteroatoms. The van der Waals surface area contributed by atoms with Crippen molar-refractivity contribution in [2.45, 2.75) is 50.5 Å². The molecule has 0 radical (unpaired) electrons. The van der Waals surface area contributed by atoms with Crippen molar-refractivity contribution < 1.29 is 8.42 Å². The molecule has 2 heterocycles. The predicted molar refractivity (Wildman–Crippen MR) is 77.9 cm³/mol. The summed E-state index contributed by atoms with van der Waals surface area (Å²) in [5.41, 5.74) is 7.31. The zero-order chi connectivity index (χ0) is 14.9. The summed E-state index contributed by atoms with van der Waals surface area (Å²) in [5.74, 6) is 0. The Morgan fingerprint density at radius 1 is 1.25 bits per heavy atom. The van der Waals surface area contributed by atoms with E-state index < -0.39 is 10.0 Å². The van der Waals surface area contributed by atoms with Crippen LogP contribution in [-0.4, -0.2) is 41.6 Å². The molecule has 0 aliphatic carbocycles. The third-order valence-corrected chi connectivity index (χ3v) is 5.98. The van der Waals surface area contributed by atoms with E-state index in [0.29, 0.717) is 36.5 Å². The molecule has 1 aromatic heterocycles. The van der Waals surface area contributed by atoms with Crippen molar-refractivity contribution in [3.8, 4) is 0 Å². The van der Waals surface area contributed by atoms with Crippen molar-refractivity contribution >= 4 is 10.0 Å². The highest BCUT2D eigenvalue weighted by atomic mass is 32.2. The molecule has 114 valence electrons. The molecule has 0 spiro atoms. The summed E-state index contributed by atoms with van der Waals surface area (Å²) in [4.78, 5) is 0.417. The standard InChI is InChI=1S/C13H24N4O2S/c1-4-11-13(12(5-2)16(3)15-11)20(18,19)17-8-6-10(14)7-9-17/h10H,4-9,14H2,1-3H3. The van der Waals surface area contributed by atoms with Gasteiger partial charge in [0, 0.05) is 26.2 Å². The highest BCUT2D eigenvalue weighted by molar-refractivity contribution is 7.89. The van der Waals surface area contributed by atoms with Crippen molar-refractivity contribution in [1.82, 2.24) is 14.1 Å². The van der Waals surface area contributed by atoms with Gasteiger partial charge in [-0.05, 0) is 25.7 Å². The molecule has 0 saturated carbocycles. The molecular formula is C13H24N4O2S. The van der Waals surface area contributed by atoms with E-state index in [-0.39, 0.29) is 6.04 Å². The normalized spacial score (nSPS) is 18.6. The number of piperidine rings is 1. The van der Waals surface area contributed by atoms with Crippen LogP contribution in [0.15, 0.2) is 4.90 Å². The fourth-order valence-electron chi connectivity index (χ4n) is 2.76. The van der Waals surface area contributed by atoms with Crippen molar-refractivity contribution in [2.75, 3.05) is 13.1 Å². The minimum absolute atomic E-state index is 0.117. The summed E-state index contributed by atoms with van der Waals surface area (Å²) in [6.07, 6.45) is 2.73. The summed E-state index contributed by atoms with van der Waals surface area (Å²) in [6.45, 7) is 4.91. The molecule has 2 rings (SSSR count). The van der Waals surface area contributed by atoms with E-state index in [1.54, 1.807) is 8.99 Å². The van der Waals surface area contributed by atoms with E-state index in [0.717, 1.165) is 18.5 Å². The molecule has 2 N–H and O–H groups in total. The van der Waals surface area contributed by atoms with Crippen molar-refractivity contribution in [3.63, 3.8) is 0 Å². The minimum atomic E-state index is -3.46. The number of aryl methyl sites for hydroxylation is 2. The Kier molecular flexibility index (Phi) is 4.51. The van der Waals surface area contributed by atoms with Gasteiger partial charge in [-0.15, -0.1) is 0 Å². The molecule has 0 unspecified atom stereocenters. The highest BCUT2D eigenvalue weighted by Crippen LogP contribution is 2.27. The van der Waals surface area contributed by atoms with Gasteiger partial charge in [0.2, 0.25) is 10.0 Å². The first kappa shape index (κ1) is 15.5. The Bertz CT molecular complexity index is 571. The van der Waals surface area contributed by atoms with Crippen molar-refractivity contribution in [3.05, 3.63) is 11.4 Å². The third kappa shape index (κ3) is 2.62. The van der Waals surface area contributed by atoms with Crippen LogP contribution in [0, 0.1) is 0 Å². The average Bonchev–Trinajstić information content (AvgIpc) is 2.76. The molecule has 0 amide bonds. The van der Waals surface area contributed by atoms with Gasteiger partial charge in [-0.2, -0.15) is 9.40 Å². The Balaban J connectivity index is 2.43. The van der Waals surface area contributed by atoms with Crippen LogP contribution in [0.2, 0.25) is 0 Å². The van der Waals surface area contributed by atoms with Gasteiger partial charge in [-0.25, -0.2) is 8.42 Å². The number of hydrogen-bond donors (Lipinski definition) is 1. The predicted octanol–water partition coefficient (Wildman–Crippen LogP) is 0.657. The third-order valence-electron chi connectivity index (χ3n) is 3.95. The van der Waals surface area contributed by atoms with Crippen LogP contribution < -0.4 is 5.73 Å². The first-order valence-corrected chi connectivity index (χ1v) is 8.66. The minimum Gasteiger partial charge on any atom is -0.328 e. The average molecular weight is 300 g/mol. The summed E-state index contributed by atoms with van der Waals surface area (Å²) >= 11 is 0. The van der Waals surface area contributed by atoms with E-state index in [1.807, 2.05) is 20.9 Å². The molecule has 1 aliphatic rings. The summed E-state index contributed by atoms with van der Waals surface area (Å²) in [7, 11) is -1.65. The van der Waals surface area contributed by atoms with Crippen LogP contribution >= 0.6 is 0 Å². The molecule has 0 aromatic carbocycles. The maximum atomic E-state index is 12.9. The molecular weight excluding hydrogens is 276 g/mol. The van der Waals surface area contributed by atoms with Crippen molar-refractivity contribution in [2.24, 2.45) is 12.8 Å². The Morgan fingerprint density at radius 3 is 2.35 bits per heavy atom. The Morgan fingerprint density at radius 2 is 1.85 bits per heavy atom. The van der Waals surface area contributed by atoms with E-state index in [9.17, 15) is 8.42 Å². The lowest BCUT2D eigenvalue weighted by atomic mass is 10.1. The van der Waals surface area contributed by atoms with Gasteiger partial charge >= 0.3 is 0 Å². The van der Waals surface area contributed by atoms with Crippen LogP contribution in [0.1, 0.15) is 38.1 Å². The number of sulfonamides is 1. The van der Waals surface area contributed by atoms with Gasteiger partial charge in [0.15, 0.2) is 0 Å². The monoisotopic (exact) mass is 300 g/mol. The first-order valence-electron chi connectivity index (χ1n) is 7.22. The number of nitrogens with zero attached hydrogens (tertiary/aromatic N) is 3. The largest absolute Gasteiger partial charge is 0.328 e. The van der Waals surface area contributed by atoms with Gasteiger partial charge < -0.3 is 5.73 Å². The highest BCUT2D eigenvalue weighted by Gasteiger charge is 2.33.